The van der Waals surface area contributed by atoms with E-state index in [0.717, 1.165) is 26.1 Å². The molecule has 1 aliphatic heterocycles. The van der Waals surface area contributed by atoms with Crippen LogP contribution in [0.25, 0.3) is 0 Å². The van der Waals surface area contributed by atoms with Gasteiger partial charge in [-0.2, -0.15) is 0 Å². The third kappa shape index (κ3) is 4.94. The Morgan fingerprint density at radius 2 is 1.94 bits per heavy atom. The summed E-state index contributed by atoms with van der Waals surface area (Å²) in [5, 5.41) is 3.27. The van der Waals surface area contributed by atoms with Crippen LogP contribution in [0.2, 0.25) is 0 Å². The summed E-state index contributed by atoms with van der Waals surface area (Å²) in [5.41, 5.74) is -0.398. The molecule has 0 aliphatic carbocycles. The van der Waals surface area contributed by atoms with E-state index in [4.69, 9.17) is 9.47 Å². The van der Waals surface area contributed by atoms with Crippen molar-refractivity contribution in [3.05, 3.63) is 0 Å². The lowest BCUT2D eigenvalue weighted by Gasteiger charge is -2.34. The molecule has 0 spiro atoms. The zero-order chi connectivity index (χ0) is 12.2. The first-order chi connectivity index (χ1) is 7.31. The Kier molecular flexibility index (Phi) is 4.33. The monoisotopic (exact) mass is 229 g/mol. The average Bonchev–Trinajstić information content (AvgIpc) is 2.14. The summed E-state index contributed by atoms with van der Waals surface area (Å²) in [7, 11) is 0. The van der Waals surface area contributed by atoms with Crippen molar-refractivity contribution in [1.82, 2.24) is 5.32 Å². The first-order valence-corrected chi connectivity index (χ1v) is 5.85. The van der Waals surface area contributed by atoms with Gasteiger partial charge in [-0.1, -0.05) is 0 Å². The van der Waals surface area contributed by atoms with Crippen molar-refractivity contribution in [2.75, 3.05) is 19.8 Å². The molecule has 1 saturated heterocycles. The van der Waals surface area contributed by atoms with E-state index in [1.165, 1.54) is 0 Å². The summed E-state index contributed by atoms with van der Waals surface area (Å²) >= 11 is 0. The Bertz CT molecular complexity index is 239. The molecular formula is C12H23NO3. The Labute approximate surface area is 97.7 Å². The van der Waals surface area contributed by atoms with Crippen LogP contribution < -0.4 is 5.32 Å². The fourth-order valence-electron chi connectivity index (χ4n) is 1.66. The maximum Gasteiger partial charge on any atom is 0.320 e. The van der Waals surface area contributed by atoms with E-state index in [1.807, 2.05) is 20.8 Å². The second-order valence-corrected chi connectivity index (χ2v) is 5.61. The van der Waals surface area contributed by atoms with Crippen molar-refractivity contribution >= 4 is 5.97 Å². The first kappa shape index (κ1) is 13.5. The maximum atomic E-state index is 11.5. The molecule has 16 heavy (non-hydrogen) atoms. The predicted molar refractivity (Wildman–Crippen MR) is 62.3 cm³/mol. The highest BCUT2D eigenvalue weighted by Crippen LogP contribution is 2.19. The molecule has 0 atom stereocenters. The standard InChI is InChI=1S/C12H23NO3/c1-11(2,3)16-10(14)9-13-12(4)5-7-15-8-6-12/h13H,5-9H2,1-4H3. The number of nitrogens with one attached hydrogen (secondary N) is 1. The van der Waals surface area contributed by atoms with Crippen molar-refractivity contribution in [1.29, 1.82) is 0 Å². The lowest BCUT2D eigenvalue weighted by atomic mass is 9.92. The molecule has 1 N–H and O–H groups in total. The van der Waals surface area contributed by atoms with Gasteiger partial charge in [0.15, 0.2) is 0 Å². The van der Waals surface area contributed by atoms with E-state index in [1.54, 1.807) is 0 Å². The molecule has 0 amide bonds. The van der Waals surface area contributed by atoms with Crippen LogP contribution in [0.4, 0.5) is 0 Å². The molecule has 1 aliphatic rings. The molecule has 0 saturated carbocycles. The minimum absolute atomic E-state index is 0.00908. The Morgan fingerprint density at radius 3 is 2.44 bits per heavy atom. The third-order valence-electron chi connectivity index (χ3n) is 2.68. The van der Waals surface area contributed by atoms with Gasteiger partial charge in [-0.3, -0.25) is 4.79 Å². The molecule has 1 rings (SSSR count). The van der Waals surface area contributed by atoms with E-state index >= 15 is 0 Å². The molecule has 0 unspecified atom stereocenters. The zero-order valence-electron chi connectivity index (χ0n) is 10.8. The van der Waals surface area contributed by atoms with Crippen molar-refractivity contribution in [3.8, 4) is 0 Å². The Morgan fingerprint density at radius 1 is 1.38 bits per heavy atom. The maximum absolute atomic E-state index is 11.5. The molecular weight excluding hydrogens is 206 g/mol. The van der Waals surface area contributed by atoms with Gasteiger partial charge in [-0.15, -0.1) is 0 Å². The molecule has 1 fully saturated rings. The zero-order valence-corrected chi connectivity index (χ0v) is 10.8. The molecule has 1 heterocycles. The van der Waals surface area contributed by atoms with E-state index in [2.05, 4.69) is 12.2 Å². The summed E-state index contributed by atoms with van der Waals surface area (Å²) in [6.07, 6.45) is 1.88. The van der Waals surface area contributed by atoms with Crippen LogP contribution in [-0.2, 0) is 14.3 Å². The minimum atomic E-state index is -0.407. The van der Waals surface area contributed by atoms with E-state index in [0.29, 0.717) is 0 Å². The summed E-state index contributed by atoms with van der Waals surface area (Å²) in [5.74, 6) is -0.194. The second-order valence-electron chi connectivity index (χ2n) is 5.61. The highest BCUT2D eigenvalue weighted by Gasteiger charge is 2.28. The quantitative estimate of drug-likeness (QED) is 0.745. The van der Waals surface area contributed by atoms with Crippen LogP contribution in [0, 0.1) is 0 Å². The van der Waals surface area contributed by atoms with E-state index in [9.17, 15) is 4.79 Å². The lowest BCUT2D eigenvalue weighted by Crippen LogP contribution is -2.49. The molecule has 0 aromatic rings. The molecule has 0 bridgehead atoms. The fourth-order valence-corrected chi connectivity index (χ4v) is 1.66. The van der Waals surface area contributed by atoms with Crippen LogP contribution in [-0.4, -0.2) is 36.9 Å². The van der Waals surface area contributed by atoms with Gasteiger partial charge in [-0.25, -0.2) is 0 Å². The number of hydrogen-bond donors (Lipinski definition) is 1. The summed E-state index contributed by atoms with van der Waals surface area (Å²) in [6, 6.07) is 0. The largest absolute Gasteiger partial charge is 0.459 e. The van der Waals surface area contributed by atoms with E-state index in [-0.39, 0.29) is 18.1 Å². The summed E-state index contributed by atoms with van der Waals surface area (Å²) in [4.78, 5) is 11.5. The molecule has 94 valence electrons. The molecule has 4 heteroatoms. The normalized spacial score (nSPS) is 20.5. The number of ether oxygens (including phenoxy) is 2. The molecule has 0 radical (unpaired) electrons. The Balaban J connectivity index is 2.30. The lowest BCUT2D eigenvalue weighted by molar-refractivity contribution is -0.154. The summed E-state index contributed by atoms with van der Waals surface area (Å²) in [6.45, 7) is 9.55. The SMILES string of the molecule is CC1(NCC(=O)OC(C)(C)C)CCOCC1. The van der Waals surface area contributed by atoms with Crippen molar-refractivity contribution in [2.24, 2.45) is 0 Å². The number of carbonyl (C=O) groups excluding carboxylic acids is 1. The number of rotatable bonds is 3. The van der Waals surface area contributed by atoms with Crippen molar-refractivity contribution in [2.45, 2.75) is 51.7 Å². The van der Waals surface area contributed by atoms with Crippen LogP contribution in [0.3, 0.4) is 0 Å². The number of carbonyl (C=O) groups is 1. The first-order valence-electron chi connectivity index (χ1n) is 5.85. The van der Waals surface area contributed by atoms with Crippen LogP contribution in [0.15, 0.2) is 0 Å². The average molecular weight is 229 g/mol. The second kappa shape index (κ2) is 5.15. The smallest absolute Gasteiger partial charge is 0.320 e. The Hall–Kier alpha value is -0.610. The number of hydrogen-bond acceptors (Lipinski definition) is 4. The van der Waals surface area contributed by atoms with Crippen molar-refractivity contribution in [3.63, 3.8) is 0 Å². The van der Waals surface area contributed by atoms with Crippen LogP contribution in [0.5, 0.6) is 0 Å². The van der Waals surface area contributed by atoms with Gasteiger partial charge in [0.1, 0.15) is 5.60 Å². The van der Waals surface area contributed by atoms with Gasteiger partial charge in [0.2, 0.25) is 0 Å². The van der Waals surface area contributed by atoms with Gasteiger partial charge < -0.3 is 14.8 Å². The predicted octanol–water partition coefficient (Wildman–Crippen LogP) is 1.49. The van der Waals surface area contributed by atoms with Gasteiger partial charge in [0, 0.05) is 18.8 Å². The van der Waals surface area contributed by atoms with Gasteiger partial charge >= 0.3 is 5.97 Å². The van der Waals surface area contributed by atoms with Gasteiger partial charge in [0.25, 0.3) is 0 Å². The van der Waals surface area contributed by atoms with Crippen LogP contribution >= 0.6 is 0 Å². The van der Waals surface area contributed by atoms with Gasteiger partial charge in [-0.05, 0) is 40.5 Å². The minimum Gasteiger partial charge on any atom is -0.459 e. The fraction of sp³-hybridized carbons (Fsp3) is 0.917. The van der Waals surface area contributed by atoms with Crippen LogP contribution in [0.1, 0.15) is 40.5 Å². The number of esters is 1. The highest BCUT2D eigenvalue weighted by atomic mass is 16.6. The van der Waals surface area contributed by atoms with E-state index < -0.39 is 5.60 Å². The highest BCUT2D eigenvalue weighted by molar-refractivity contribution is 5.72. The summed E-state index contributed by atoms with van der Waals surface area (Å²) < 4.78 is 10.5. The molecule has 0 aromatic carbocycles. The third-order valence-corrected chi connectivity index (χ3v) is 2.68. The molecule has 4 nitrogen and oxygen atoms in total. The molecule has 0 aromatic heterocycles. The van der Waals surface area contributed by atoms with Crippen molar-refractivity contribution < 1.29 is 14.3 Å². The van der Waals surface area contributed by atoms with Gasteiger partial charge in [0.05, 0.1) is 6.54 Å². The topological polar surface area (TPSA) is 47.6 Å².